The Bertz CT molecular complexity index is 672. The lowest BCUT2D eigenvalue weighted by Crippen LogP contribution is -2.36. The van der Waals surface area contributed by atoms with Crippen molar-refractivity contribution in [2.45, 2.75) is 65.3 Å². The van der Waals surface area contributed by atoms with Crippen LogP contribution in [0.2, 0.25) is 0 Å². The first-order valence-electron chi connectivity index (χ1n) is 9.38. The number of rotatable bonds is 5. The summed E-state index contributed by atoms with van der Waals surface area (Å²) in [6.07, 6.45) is 5.49. The van der Waals surface area contributed by atoms with Gasteiger partial charge in [-0.05, 0) is 52.0 Å². The Kier molecular flexibility index (Phi) is 5.35. The Morgan fingerprint density at radius 2 is 2.04 bits per heavy atom. The van der Waals surface area contributed by atoms with Gasteiger partial charge in [0.1, 0.15) is 5.82 Å². The molecule has 136 valence electrons. The van der Waals surface area contributed by atoms with E-state index in [1.54, 1.807) is 4.90 Å². The van der Waals surface area contributed by atoms with Gasteiger partial charge in [0, 0.05) is 43.4 Å². The molecule has 1 aromatic heterocycles. The van der Waals surface area contributed by atoms with Gasteiger partial charge in [0.25, 0.3) is 0 Å². The number of amides is 2. The highest BCUT2D eigenvalue weighted by Gasteiger charge is 2.35. The van der Waals surface area contributed by atoms with Crippen LogP contribution in [-0.2, 0) is 28.9 Å². The van der Waals surface area contributed by atoms with Gasteiger partial charge in [0.2, 0.25) is 11.8 Å². The first-order valence-corrected chi connectivity index (χ1v) is 9.38. The van der Waals surface area contributed by atoms with Crippen LogP contribution < -0.4 is 5.32 Å². The summed E-state index contributed by atoms with van der Waals surface area (Å²) >= 11 is 0. The van der Waals surface area contributed by atoms with Crippen molar-refractivity contribution in [1.82, 2.24) is 20.2 Å². The number of aromatic nitrogens is 2. The maximum Gasteiger partial charge on any atom is 0.225 e. The fourth-order valence-electron chi connectivity index (χ4n) is 3.80. The standard InChI is InChI=1S/C19H28N4O2/c1-12(2)23-11-14(10-18(23)24)19(25)20-9-8-17-21-13(3)15-6-4-5-7-16(15)22-17/h12,14H,4-11H2,1-3H3,(H,20,25). The number of hydrogen-bond acceptors (Lipinski definition) is 4. The van der Waals surface area contributed by atoms with Crippen molar-refractivity contribution in [2.24, 2.45) is 5.92 Å². The van der Waals surface area contributed by atoms with Gasteiger partial charge in [-0.25, -0.2) is 9.97 Å². The molecule has 1 saturated heterocycles. The van der Waals surface area contributed by atoms with Gasteiger partial charge < -0.3 is 10.2 Å². The molecule has 1 atom stereocenters. The summed E-state index contributed by atoms with van der Waals surface area (Å²) in [5, 5.41) is 2.95. The van der Waals surface area contributed by atoms with E-state index in [0.29, 0.717) is 25.9 Å². The SMILES string of the molecule is Cc1nc(CCNC(=O)C2CC(=O)N(C(C)C)C2)nc2c1CCCC2. The summed E-state index contributed by atoms with van der Waals surface area (Å²) in [6, 6.07) is 0.150. The molecule has 2 amide bonds. The Morgan fingerprint density at radius 3 is 2.76 bits per heavy atom. The van der Waals surface area contributed by atoms with E-state index >= 15 is 0 Å². The number of fused-ring (bicyclic) bond motifs is 1. The summed E-state index contributed by atoms with van der Waals surface area (Å²) in [5.41, 5.74) is 3.59. The van der Waals surface area contributed by atoms with Crippen LogP contribution in [0.1, 0.15) is 55.9 Å². The van der Waals surface area contributed by atoms with E-state index in [1.165, 1.54) is 24.1 Å². The minimum atomic E-state index is -0.235. The quantitative estimate of drug-likeness (QED) is 0.880. The molecule has 1 unspecified atom stereocenters. The van der Waals surface area contributed by atoms with Gasteiger partial charge >= 0.3 is 0 Å². The molecule has 6 heteroatoms. The van der Waals surface area contributed by atoms with Crippen LogP contribution >= 0.6 is 0 Å². The van der Waals surface area contributed by atoms with Crippen LogP contribution in [0.5, 0.6) is 0 Å². The second-order valence-electron chi connectivity index (χ2n) is 7.44. The maximum absolute atomic E-state index is 12.3. The van der Waals surface area contributed by atoms with Gasteiger partial charge in [0.15, 0.2) is 0 Å². The van der Waals surface area contributed by atoms with Crippen LogP contribution in [0.4, 0.5) is 0 Å². The normalized spacial score (nSPS) is 20.1. The summed E-state index contributed by atoms with van der Waals surface area (Å²) in [4.78, 5) is 35.3. The molecule has 0 spiro atoms. The third-order valence-corrected chi connectivity index (χ3v) is 5.24. The van der Waals surface area contributed by atoms with Gasteiger partial charge in [0.05, 0.1) is 5.92 Å². The molecule has 1 aromatic rings. The molecule has 1 aliphatic carbocycles. The number of nitrogens with zero attached hydrogens (tertiary/aromatic N) is 3. The molecule has 2 aliphatic rings. The van der Waals surface area contributed by atoms with Crippen LogP contribution in [0.3, 0.4) is 0 Å². The smallest absolute Gasteiger partial charge is 0.225 e. The van der Waals surface area contributed by atoms with E-state index in [0.717, 1.165) is 24.4 Å². The number of likely N-dealkylation sites (tertiary alicyclic amines) is 1. The number of carbonyl (C=O) groups excluding carboxylic acids is 2. The maximum atomic E-state index is 12.3. The van der Waals surface area contributed by atoms with Crippen LogP contribution in [0, 0.1) is 12.8 Å². The van der Waals surface area contributed by atoms with Gasteiger partial charge in [-0.1, -0.05) is 0 Å². The van der Waals surface area contributed by atoms with E-state index < -0.39 is 0 Å². The predicted molar refractivity (Wildman–Crippen MR) is 95.1 cm³/mol. The lowest BCUT2D eigenvalue weighted by molar-refractivity contribution is -0.129. The highest BCUT2D eigenvalue weighted by atomic mass is 16.2. The highest BCUT2D eigenvalue weighted by molar-refractivity contribution is 5.89. The lowest BCUT2D eigenvalue weighted by atomic mass is 9.95. The number of nitrogens with one attached hydrogen (secondary N) is 1. The van der Waals surface area contributed by atoms with Crippen molar-refractivity contribution in [3.63, 3.8) is 0 Å². The lowest BCUT2D eigenvalue weighted by Gasteiger charge is -2.20. The third-order valence-electron chi connectivity index (χ3n) is 5.24. The second-order valence-corrected chi connectivity index (χ2v) is 7.44. The van der Waals surface area contributed by atoms with Crippen molar-refractivity contribution in [3.05, 3.63) is 22.8 Å². The molecule has 1 N–H and O–H groups in total. The van der Waals surface area contributed by atoms with Gasteiger partial charge in [-0.2, -0.15) is 0 Å². The zero-order valence-corrected chi connectivity index (χ0v) is 15.5. The van der Waals surface area contributed by atoms with E-state index in [9.17, 15) is 9.59 Å². The Balaban J connectivity index is 1.52. The first-order chi connectivity index (χ1) is 12.0. The van der Waals surface area contributed by atoms with Crippen molar-refractivity contribution >= 4 is 11.8 Å². The Morgan fingerprint density at radius 1 is 1.28 bits per heavy atom. The summed E-state index contributed by atoms with van der Waals surface area (Å²) in [6.45, 7) is 7.06. The number of hydrogen-bond donors (Lipinski definition) is 1. The third kappa shape index (κ3) is 3.99. The molecule has 3 rings (SSSR count). The fraction of sp³-hybridized carbons (Fsp3) is 0.684. The molecule has 0 radical (unpaired) electrons. The molecule has 1 aliphatic heterocycles. The predicted octanol–water partition coefficient (Wildman–Crippen LogP) is 1.58. The summed E-state index contributed by atoms with van der Waals surface area (Å²) < 4.78 is 0. The first kappa shape index (κ1) is 17.8. The highest BCUT2D eigenvalue weighted by Crippen LogP contribution is 2.22. The topological polar surface area (TPSA) is 75.2 Å². The average Bonchev–Trinajstić information content (AvgIpc) is 2.97. The van der Waals surface area contributed by atoms with E-state index in [2.05, 4.69) is 17.2 Å². The summed E-state index contributed by atoms with van der Waals surface area (Å²) in [7, 11) is 0. The van der Waals surface area contributed by atoms with Crippen molar-refractivity contribution in [3.8, 4) is 0 Å². The largest absolute Gasteiger partial charge is 0.355 e. The van der Waals surface area contributed by atoms with Crippen molar-refractivity contribution in [1.29, 1.82) is 0 Å². The zero-order chi connectivity index (χ0) is 18.0. The van der Waals surface area contributed by atoms with E-state index in [-0.39, 0.29) is 23.8 Å². The minimum Gasteiger partial charge on any atom is -0.355 e. The molecule has 1 fully saturated rings. The molecule has 25 heavy (non-hydrogen) atoms. The zero-order valence-electron chi connectivity index (χ0n) is 15.5. The molecular formula is C19H28N4O2. The Hall–Kier alpha value is -1.98. The van der Waals surface area contributed by atoms with Gasteiger partial charge in [-0.3, -0.25) is 9.59 Å². The number of carbonyl (C=O) groups is 2. The number of aryl methyl sites for hydroxylation is 2. The monoisotopic (exact) mass is 344 g/mol. The average molecular weight is 344 g/mol. The van der Waals surface area contributed by atoms with E-state index in [1.807, 2.05) is 13.8 Å². The van der Waals surface area contributed by atoms with Crippen LogP contribution in [-0.4, -0.2) is 45.8 Å². The molecule has 0 saturated carbocycles. The molecule has 6 nitrogen and oxygen atoms in total. The van der Waals surface area contributed by atoms with Crippen molar-refractivity contribution < 1.29 is 9.59 Å². The molecule has 0 aromatic carbocycles. The second kappa shape index (κ2) is 7.50. The van der Waals surface area contributed by atoms with E-state index in [4.69, 9.17) is 4.98 Å². The summed E-state index contributed by atoms with van der Waals surface area (Å²) in [5.74, 6) is 0.612. The van der Waals surface area contributed by atoms with Crippen molar-refractivity contribution in [2.75, 3.05) is 13.1 Å². The minimum absolute atomic E-state index is 0.0359. The van der Waals surface area contributed by atoms with Crippen LogP contribution in [0.25, 0.3) is 0 Å². The molecule has 0 bridgehead atoms. The van der Waals surface area contributed by atoms with Crippen LogP contribution in [0.15, 0.2) is 0 Å². The fourth-order valence-corrected chi connectivity index (χ4v) is 3.80. The van der Waals surface area contributed by atoms with Gasteiger partial charge in [-0.15, -0.1) is 0 Å². The molecule has 2 heterocycles. The molecular weight excluding hydrogens is 316 g/mol. The Labute approximate surface area is 149 Å².